The molecular weight excluding hydrogens is 621 g/mol. The molecule has 1 unspecified atom stereocenters. The van der Waals surface area contributed by atoms with E-state index in [0.717, 1.165) is 28.4 Å². The van der Waals surface area contributed by atoms with E-state index in [1.54, 1.807) is 31.2 Å². The molecule has 2 aromatic carbocycles. The largest absolute Gasteiger partial charge is 0.569 e. The average molecular weight is 653 g/mol. The van der Waals surface area contributed by atoms with Gasteiger partial charge in [-0.1, -0.05) is 36.8 Å². The van der Waals surface area contributed by atoms with Crippen LogP contribution in [0.2, 0.25) is 0 Å². The summed E-state index contributed by atoms with van der Waals surface area (Å²) in [6, 6.07) is 12.6. The van der Waals surface area contributed by atoms with Gasteiger partial charge < -0.3 is 9.94 Å². The lowest BCUT2D eigenvalue weighted by atomic mass is 9.97. The van der Waals surface area contributed by atoms with Gasteiger partial charge in [0, 0.05) is 24.8 Å². The van der Waals surface area contributed by atoms with Gasteiger partial charge in [-0.3, -0.25) is 14.4 Å². The number of amides is 1. The van der Waals surface area contributed by atoms with E-state index in [1.807, 2.05) is 11.6 Å². The number of alkyl halides is 3. The van der Waals surface area contributed by atoms with Crippen LogP contribution in [0.25, 0.3) is 16.9 Å². The molecule has 1 N–H and O–H groups in total. The van der Waals surface area contributed by atoms with Crippen molar-refractivity contribution in [3.8, 4) is 16.9 Å². The summed E-state index contributed by atoms with van der Waals surface area (Å²) in [7, 11) is -4.33. The lowest BCUT2D eigenvalue weighted by molar-refractivity contribution is -0.715. The molecule has 1 atom stereocenters. The van der Waals surface area contributed by atoms with Crippen LogP contribution < -0.4 is 4.72 Å². The molecule has 45 heavy (non-hydrogen) atoms. The first-order valence-corrected chi connectivity index (χ1v) is 15.4. The molecule has 0 spiro atoms. The van der Waals surface area contributed by atoms with Crippen LogP contribution in [0.5, 0.6) is 0 Å². The zero-order valence-corrected chi connectivity index (χ0v) is 25.3. The van der Waals surface area contributed by atoms with E-state index in [2.05, 4.69) is 10.4 Å². The average Bonchev–Trinajstić information content (AvgIpc) is 3.46. The molecule has 242 valence electrons. The van der Waals surface area contributed by atoms with Crippen molar-refractivity contribution in [2.75, 3.05) is 13.1 Å². The second-order valence-corrected chi connectivity index (χ2v) is 11.9. The molecule has 4 rings (SSSR count). The summed E-state index contributed by atoms with van der Waals surface area (Å²) in [5, 5.41) is 20.5. The van der Waals surface area contributed by atoms with Crippen LogP contribution in [0.3, 0.4) is 0 Å². The number of benzene rings is 2. The van der Waals surface area contributed by atoms with Crippen LogP contribution in [0, 0.1) is 18.0 Å². The van der Waals surface area contributed by atoms with Gasteiger partial charge in [-0.25, -0.2) is 17.8 Å². The SMILES string of the molecule is CCC(=O)OC(C)O/N=[N+](/[O-])N1CCC(C(=O)NS(=O)(=O)c2ccc(-n3nc(C(F)(F)F)cc3-c3ccc(C)cc3)cc2)CC1. The molecule has 1 aliphatic rings. The van der Waals surface area contributed by atoms with E-state index in [-0.39, 0.29) is 53.6 Å². The first-order valence-electron chi connectivity index (χ1n) is 13.9. The van der Waals surface area contributed by atoms with Crippen molar-refractivity contribution in [2.24, 2.45) is 11.2 Å². The van der Waals surface area contributed by atoms with Crippen molar-refractivity contribution in [2.45, 2.75) is 57.4 Å². The number of aryl methyl sites for hydroxylation is 1. The number of halogens is 3. The molecule has 1 amide bonds. The molecule has 3 aromatic rings. The highest BCUT2D eigenvalue weighted by atomic mass is 32.2. The topological polar surface area (TPSA) is 158 Å². The van der Waals surface area contributed by atoms with Gasteiger partial charge in [0.15, 0.2) is 5.69 Å². The minimum absolute atomic E-state index is 0.0689. The summed E-state index contributed by atoms with van der Waals surface area (Å²) in [4.78, 5) is 28.8. The van der Waals surface area contributed by atoms with E-state index in [9.17, 15) is 36.4 Å². The summed E-state index contributed by atoms with van der Waals surface area (Å²) in [6.07, 6.45) is -5.39. The molecule has 2 heterocycles. The number of hydrazine groups is 1. The minimum Gasteiger partial charge on any atom is -0.569 e. The molecule has 17 heteroatoms. The fraction of sp³-hybridized carbons (Fsp3) is 0.393. The maximum absolute atomic E-state index is 13.5. The molecule has 1 fully saturated rings. The highest BCUT2D eigenvalue weighted by Crippen LogP contribution is 2.33. The standard InChI is InChI=1S/C28H31F3N6O7S/c1-4-26(38)43-19(3)44-34-37(40)35-15-13-21(14-16-35)27(39)33-45(41,42)23-11-9-22(10-12-23)36-24(17-25(32-36)28(29,30)31)20-7-5-18(2)6-8-20/h5-12,17,19,21H,4,13-16H2,1-3H3,(H,33,39)/b37-34+. The third-order valence-corrected chi connectivity index (χ3v) is 8.27. The van der Waals surface area contributed by atoms with Gasteiger partial charge in [0.1, 0.15) is 0 Å². The molecule has 0 aliphatic carbocycles. The quantitative estimate of drug-likeness (QED) is 0.110. The highest BCUT2D eigenvalue weighted by molar-refractivity contribution is 7.90. The molecule has 1 saturated heterocycles. The predicted octanol–water partition coefficient (Wildman–Crippen LogP) is 4.49. The Labute approximate surface area is 256 Å². The summed E-state index contributed by atoms with van der Waals surface area (Å²) in [5.41, 5.74) is 0.614. The van der Waals surface area contributed by atoms with Gasteiger partial charge >= 0.3 is 12.1 Å². The Hall–Kier alpha value is -4.67. The number of aromatic nitrogens is 2. The molecule has 1 aliphatic heterocycles. The zero-order valence-electron chi connectivity index (χ0n) is 24.5. The van der Waals surface area contributed by atoms with E-state index < -0.39 is 46.0 Å². The van der Waals surface area contributed by atoms with Crippen LogP contribution in [0.1, 0.15) is 44.4 Å². The number of sulfonamides is 1. The number of carbonyl (C=O) groups is 2. The predicted molar refractivity (Wildman–Crippen MR) is 151 cm³/mol. The number of ether oxygens (including phenoxy) is 1. The van der Waals surface area contributed by atoms with Crippen molar-refractivity contribution in [3.63, 3.8) is 0 Å². The summed E-state index contributed by atoms with van der Waals surface area (Å²) in [5.74, 6) is -2.03. The second-order valence-electron chi connectivity index (χ2n) is 10.2. The van der Waals surface area contributed by atoms with Crippen molar-refractivity contribution < 1.29 is 45.7 Å². The number of nitrogens with zero attached hydrogens (tertiary/aromatic N) is 5. The van der Waals surface area contributed by atoms with Gasteiger partial charge in [-0.2, -0.15) is 18.3 Å². The van der Waals surface area contributed by atoms with E-state index in [0.29, 0.717) is 5.56 Å². The number of piperidine rings is 1. The van der Waals surface area contributed by atoms with Crippen LogP contribution in [-0.4, -0.2) is 59.4 Å². The Morgan fingerprint density at radius 3 is 2.33 bits per heavy atom. The van der Waals surface area contributed by atoms with Crippen LogP contribution >= 0.6 is 0 Å². The number of rotatable bonds is 10. The number of esters is 1. The van der Waals surface area contributed by atoms with Gasteiger partial charge in [0.2, 0.25) is 11.2 Å². The van der Waals surface area contributed by atoms with Crippen LogP contribution in [0.4, 0.5) is 13.2 Å². The normalized spacial score (nSPS) is 15.4. The number of nitrogens with one attached hydrogen (secondary N) is 1. The van der Waals surface area contributed by atoms with Crippen molar-refractivity contribution in [3.05, 3.63) is 71.1 Å². The van der Waals surface area contributed by atoms with Crippen molar-refractivity contribution in [1.29, 1.82) is 0 Å². The number of hydrogen-bond acceptors (Lipinski definition) is 9. The maximum Gasteiger partial charge on any atom is 0.435 e. The Balaban J connectivity index is 1.41. The lowest BCUT2D eigenvalue weighted by Gasteiger charge is -2.27. The van der Waals surface area contributed by atoms with Gasteiger partial charge in [-0.05, 0) is 50.1 Å². The Bertz CT molecular complexity index is 1650. The third-order valence-electron chi connectivity index (χ3n) is 6.91. The first kappa shape index (κ1) is 33.2. The smallest absolute Gasteiger partial charge is 0.435 e. The minimum atomic E-state index is -4.70. The molecule has 0 bridgehead atoms. The maximum atomic E-state index is 13.5. The van der Waals surface area contributed by atoms with Gasteiger partial charge in [0.25, 0.3) is 16.3 Å². The molecule has 13 nitrogen and oxygen atoms in total. The van der Waals surface area contributed by atoms with E-state index >= 15 is 0 Å². The van der Waals surface area contributed by atoms with E-state index in [1.165, 1.54) is 24.1 Å². The first-order chi connectivity index (χ1) is 21.2. The third kappa shape index (κ3) is 8.29. The Kier molecular flexibility index (Phi) is 10.00. The summed E-state index contributed by atoms with van der Waals surface area (Å²) < 4.78 is 74.4. The van der Waals surface area contributed by atoms with Crippen molar-refractivity contribution in [1.82, 2.24) is 19.5 Å². The fourth-order valence-corrected chi connectivity index (χ4v) is 5.48. The summed E-state index contributed by atoms with van der Waals surface area (Å²) in [6.45, 7) is 4.96. The van der Waals surface area contributed by atoms with Crippen LogP contribution in [0.15, 0.2) is 64.8 Å². The number of carbonyl (C=O) groups excluding carboxylic acids is 2. The lowest BCUT2D eigenvalue weighted by Crippen LogP contribution is -2.44. The number of hydrogen-bond donors (Lipinski definition) is 1. The Morgan fingerprint density at radius 2 is 1.76 bits per heavy atom. The van der Waals surface area contributed by atoms with Gasteiger partial charge in [-0.15, -0.1) is 5.01 Å². The Morgan fingerprint density at radius 1 is 1.13 bits per heavy atom. The fourth-order valence-electron chi connectivity index (χ4n) is 4.44. The van der Waals surface area contributed by atoms with Gasteiger partial charge in [0.05, 0.1) is 34.3 Å². The van der Waals surface area contributed by atoms with Crippen molar-refractivity contribution >= 4 is 21.9 Å². The highest BCUT2D eigenvalue weighted by Gasteiger charge is 2.35. The molecule has 0 radical (unpaired) electrons. The monoisotopic (exact) mass is 652 g/mol. The second kappa shape index (κ2) is 13.5. The van der Waals surface area contributed by atoms with E-state index in [4.69, 9.17) is 9.57 Å². The summed E-state index contributed by atoms with van der Waals surface area (Å²) >= 11 is 0. The zero-order chi connectivity index (χ0) is 32.9. The molecular formula is C28H31F3N6O7S. The van der Waals surface area contributed by atoms with Crippen LogP contribution in [-0.2, 0) is 35.4 Å². The molecule has 0 saturated carbocycles. The molecule has 1 aromatic heterocycles.